The number of ether oxygens (including phenoxy) is 1. The van der Waals surface area contributed by atoms with Gasteiger partial charge in [0.1, 0.15) is 12.4 Å². The van der Waals surface area contributed by atoms with E-state index < -0.39 is 0 Å². The molecule has 0 radical (unpaired) electrons. The summed E-state index contributed by atoms with van der Waals surface area (Å²) in [7, 11) is 0. The molecular weight excluding hydrogens is 257 g/mol. The van der Waals surface area contributed by atoms with Crippen LogP contribution in [0.1, 0.15) is 30.4 Å². The van der Waals surface area contributed by atoms with Gasteiger partial charge in [0.2, 0.25) is 5.91 Å². The average molecular weight is 275 g/mol. The average Bonchev–Trinajstić information content (AvgIpc) is 2.46. The normalized spacial score (nSPS) is 24.4. The number of hydrogen-bond acceptors (Lipinski definition) is 2. The smallest absolute Gasteiger partial charge is 0.227 e. The fraction of sp³-hybridized carbons (Fsp3) is 0.438. The van der Waals surface area contributed by atoms with Gasteiger partial charge in [0, 0.05) is 12.1 Å². The maximum Gasteiger partial charge on any atom is 0.227 e. The van der Waals surface area contributed by atoms with E-state index in [9.17, 15) is 9.18 Å². The Morgan fingerprint density at radius 3 is 3.10 bits per heavy atom. The SMILES string of the molecule is O=C1Cc2cccc(F)c2/C=C\OC[C@@H]2CCCCN12. The molecule has 0 bridgehead atoms. The minimum Gasteiger partial charge on any atom is -0.499 e. The van der Waals surface area contributed by atoms with Crippen molar-refractivity contribution in [1.29, 1.82) is 0 Å². The molecule has 0 aliphatic carbocycles. The van der Waals surface area contributed by atoms with E-state index in [1.807, 2.05) is 4.90 Å². The molecule has 3 rings (SSSR count). The van der Waals surface area contributed by atoms with Crippen molar-refractivity contribution < 1.29 is 13.9 Å². The predicted octanol–water partition coefficient (Wildman–Crippen LogP) is 2.75. The molecule has 1 amide bonds. The lowest BCUT2D eigenvalue weighted by atomic mass is 9.99. The van der Waals surface area contributed by atoms with E-state index >= 15 is 0 Å². The Balaban J connectivity index is 1.94. The predicted molar refractivity (Wildman–Crippen MR) is 74.4 cm³/mol. The number of rotatable bonds is 0. The monoisotopic (exact) mass is 275 g/mol. The van der Waals surface area contributed by atoms with Gasteiger partial charge in [0.15, 0.2) is 0 Å². The number of halogens is 1. The minimum absolute atomic E-state index is 0.0699. The second-order valence-corrected chi connectivity index (χ2v) is 5.36. The Bertz CT molecular complexity index is 541. The first-order valence-corrected chi connectivity index (χ1v) is 7.11. The quantitative estimate of drug-likeness (QED) is 0.728. The first-order chi connectivity index (χ1) is 9.75. The van der Waals surface area contributed by atoms with Gasteiger partial charge in [-0.2, -0.15) is 0 Å². The van der Waals surface area contributed by atoms with Gasteiger partial charge in [-0.1, -0.05) is 12.1 Å². The van der Waals surface area contributed by atoms with Gasteiger partial charge in [0.25, 0.3) is 0 Å². The Morgan fingerprint density at radius 1 is 1.30 bits per heavy atom. The molecule has 1 aromatic carbocycles. The summed E-state index contributed by atoms with van der Waals surface area (Å²) < 4.78 is 19.3. The first-order valence-electron chi connectivity index (χ1n) is 7.11. The summed E-state index contributed by atoms with van der Waals surface area (Å²) in [6.07, 6.45) is 6.57. The number of nitrogens with zero attached hydrogens (tertiary/aromatic N) is 1. The Kier molecular flexibility index (Phi) is 3.72. The Labute approximate surface area is 118 Å². The van der Waals surface area contributed by atoms with E-state index in [2.05, 4.69) is 0 Å². The molecule has 1 fully saturated rings. The summed E-state index contributed by atoms with van der Waals surface area (Å²) in [5, 5.41) is 0. The molecule has 0 unspecified atom stereocenters. The number of fused-ring (bicyclic) bond motifs is 2. The highest BCUT2D eigenvalue weighted by Gasteiger charge is 2.27. The standard InChI is InChI=1S/C16H18FNO2/c17-15-6-3-4-12-10-16(19)18-8-2-1-5-13(18)11-20-9-7-14(12)15/h3-4,6-7,9,13H,1-2,5,8,10-11H2/b9-7-/t13-/m0/s1. The lowest BCUT2D eigenvalue weighted by Gasteiger charge is -2.35. The molecule has 0 spiro atoms. The summed E-state index contributed by atoms with van der Waals surface area (Å²) in [5.74, 6) is -0.244. The third-order valence-electron chi connectivity index (χ3n) is 4.05. The Morgan fingerprint density at radius 2 is 2.20 bits per heavy atom. The second kappa shape index (κ2) is 5.65. The van der Waals surface area contributed by atoms with E-state index in [-0.39, 0.29) is 24.2 Å². The maximum atomic E-state index is 13.8. The molecule has 20 heavy (non-hydrogen) atoms. The van der Waals surface area contributed by atoms with Crippen LogP contribution in [-0.2, 0) is 16.0 Å². The summed E-state index contributed by atoms with van der Waals surface area (Å²) >= 11 is 0. The highest BCUT2D eigenvalue weighted by molar-refractivity contribution is 5.80. The summed E-state index contributed by atoms with van der Waals surface area (Å²) in [6, 6.07) is 5.01. The molecule has 0 saturated carbocycles. The third kappa shape index (κ3) is 2.55. The fourth-order valence-electron chi connectivity index (χ4n) is 2.97. The minimum atomic E-state index is -0.314. The molecule has 1 saturated heterocycles. The number of carbonyl (C=O) groups excluding carboxylic acids is 1. The molecule has 4 heteroatoms. The van der Waals surface area contributed by atoms with Crippen molar-refractivity contribution in [3.05, 3.63) is 41.4 Å². The van der Waals surface area contributed by atoms with Crippen molar-refractivity contribution in [3.8, 4) is 0 Å². The van der Waals surface area contributed by atoms with Gasteiger partial charge >= 0.3 is 0 Å². The zero-order valence-electron chi connectivity index (χ0n) is 11.3. The second-order valence-electron chi connectivity index (χ2n) is 5.36. The van der Waals surface area contributed by atoms with Crippen LogP contribution >= 0.6 is 0 Å². The summed E-state index contributed by atoms with van der Waals surface area (Å²) in [6.45, 7) is 1.27. The van der Waals surface area contributed by atoms with Crippen LogP contribution in [0.2, 0.25) is 0 Å². The molecule has 106 valence electrons. The third-order valence-corrected chi connectivity index (χ3v) is 4.05. The zero-order valence-corrected chi connectivity index (χ0v) is 11.3. The number of piperidine rings is 1. The van der Waals surface area contributed by atoms with Crippen molar-refractivity contribution in [2.75, 3.05) is 13.2 Å². The van der Waals surface area contributed by atoms with Crippen molar-refractivity contribution in [1.82, 2.24) is 4.90 Å². The number of carbonyl (C=O) groups is 1. The van der Waals surface area contributed by atoms with E-state index in [1.165, 1.54) is 6.07 Å². The largest absolute Gasteiger partial charge is 0.499 e. The molecule has 0 N–H and O–H groups in total. The number of hydrogen-bond donors (Lipinski definition) is 0. The van der Waals surface area contributed by atoms with Crippen LogP contribution in [0.3, 0.4) is 0 Å². The van der Waals surface area contributed by atoms with Gasteiger partial charge in [-0.3, -0.25) is 4.79 Å². The molecule has 3 nitrogen and oxygen atoms in total. The molecule has 1 atom stereocenters. The molecular formula is C16H18FNO2. The van der Waals surface area contributed by atoms with Crippen molar-refractivity contribution in [2.45, 2.75) is 31.7 Å². The zero-order chi connectivity index (χ0) is 13.9. The lowest BCUT2D eigenvalue weighted by Crippen LogP contribution is -2.46. The topological polar surface area (TPSA) is 29.5 Å². The number of benzene rings is 1. The van der Waals surface area contributed by atoms with Crippen LogP contribution < -0.4 is 0 Å². The highest BCUT2D eigenvalue weighted by Crippen LogP contribution is 2.22. The summed E-state index contributed by atoms with van der Waals surface area (Å²) in [4.78, 5) is 14.4. The van der Waals surface area contributed by atoms with Gasteiger partial charge in [-0.25, -0.2) is 4.39 Å². The number of amides is 1. The molecule has 2 heterocycles. The molecule has 2 aliphatic heterocycles. The lowest BCUT2D eigenvalue weighted by molar-refractivity contribution is -0.135. The fourth-order valence-corrected chi connectivity index (χ4v) is 2.97. The summed E-state index contributed by atoms with van der Waals surface area (Å²) in [5.41, 5.74) is 1.18. The van der Waals surface area contributed by atoms with E-state index in [1.54, 1.807) is 24.5 Å². The Hall–Kier alpha value is -1.84. The van der Waals surface area contributed by atoms with Crippen molar-refractivity contribution >= 4 is 12.0 Å². The van der Waals surface area contributed by atoms with E-state index in [0.29, 0.717) is 12.2 Å². The van der Waals surface area contributed by atoms with Gasteiger partial charge in [-0.15, -0.1) is 0 Å². The van der Waals surface area contributed by atoms with Crippen LogP contribution in [-0.4, -0.2) is 30.0 Å². The molecule has 0 aromatic heterocycles. The maximum absolute atomic E-state index is 13.8. The van der Waals surface area contributed by atoms with Gasteiger partial charge < -0.3 is 9.64 Å². The van der Waals surface area contributed by atoms with Crippen LogP contribution in [0.4, 0.5) is 4.39 Å². The highest BCUT2D eigenvalue weighted by atomic mass is 19.1. The van der Waals surface area contributed by atoms with Crippen molar-refractivity contribution in [3.63, 3.8) is 0 Å². The first kappa shape index (κ1) is 13.2. The van der Waals surface area contributed by atoms with Crippen LogP contribution in [0.25, 0.3) is 6.08 Å². The van der Waals surface area contributed by atoms with E-state index in [4.69, 9.17) is 4.74 Å². The van der Waals surface area contributed by atoms with Gasteiger partial charge in [-0.05, 0) is 37.0 Å². The van der Waals surface area contributed by atoms with Crippen LogP contribution in [0.15, 0.2) is 24.5 Å². The van der Waals surface area contributed by atoms with Crippen molar-refractivity contribution in [2.24, 2.45) is 0 Å². The van der Waals surface area contributed by atoms with Gasteiger partial charge in [0.05, 0.1) is 18.7 Å². The molecule has 1 aromatic rings. The van der Waals surface area contributed by atoms with E-state index in [0.717, 1.165) is 31.4 Å². The molecule has 2 aliphatic rings. The van der Waals surface area contributed by atoms with Crippen LogP contribution in [0, 0.1) is 5.82 Å². The van der Waals surface area contributed by atoms with Crippen LogP contribution in [0.5, 0.6) is 0 Å².